The van der Waals surface area contributed by atoms with Crippen molar-refractivity contribution in [1.29, 1.82) is 0 Å². The molecule has 0 aliphatic rings. The van der Waals surface area contributed by atoms with E-state index in [2.05, 4.69) is 24.5 Å². The van der Waals surface area contributed by atoms with Gasteiger partial charge in [-0.2, -0.15) is 0 Å². The SMILES string of the molecule is C=C(C)C(=O)[O-].C=C(C)C(=O)[O-].C=C(C)C(=O)[O-].COCCOCC[O-].[Ti+4]. The third kappa shape index (κ3) is 51.6. The van der Waals surface area contributed by atoms with E-state index in [0.29, 0.717) is 19.8 Å². The summed E-state index contributed by atoms with van der Waals surface area (Å²) >= 11 is 0. The number of hydrogen-bond acceptors (Lipinski definition) is 9. The van der Waals surface area contributed by atoms with Gasteiger partial charge in [0, 0.05) is 13.7 Å². The first-order valence-electron chi connectivity index (χ1n) is 7.10. The molecule has 0 rings (SSSR count). The third-order valence-electron chi connectivity index (χ3n) is 1.70. The standard InChI is InChI=1S/C5H11O3.3C4H6O2.Ti/c1-7-4-5-8-3-2-6;3*1-3(2)4(5)6;/h2-5H2,1H3;3*1H2,2H3,(H,5,6);/q-1;;;;+4/p-3. The molecule has 0 heterocycles. The van der Waals surface area contributed by atoms with Crippen LogP contribution in [0.25, 0.3) is 0 Å². The number of carboxylic acids is 3. The van der Waals surface area contributed by atoms with Crippen LogP contribution in [0.5, 0.6) is 0 Å². The smallest absolute Gasteiger partial charge is 0.853 e. The van der Waals surface area contributed by atoms with Gasteiger partial charge in [-0.15, -0.1) is 6.61 Å². The van der Waals surface area contributed by atoms with E-state index in [4.69, 9.17) is 4.74 Å². The van der Waals surface area contributed by atoms with Crippen LogP contribution in [-0.2, 0) is 45.6 Å². The number of carbonyl (C=O) groups excluding carboxylic acids is 3. The van der Waals surface area contributed by atoms with Crippen LogP contribution in [0.3, 0.4) is 0 Å². The van der Waals surface area contributed by atoms with Crippen LogP contribution in [0.15, 0.2) is 36.5 Å². The van der Waals surface area contributed by atoms with Gasteiger partial charge in [-0.3, -0.25) is 0 Å². The molecule has 0 spiro atoms. The summed E-state index contributed by atoms with van der Waals surface area (Å²) in [5.74, 6) is -3.56. The minimum Gasteiger partial charge on any atom is -0.853 e. The molecule has 9 nitrogen and oxygen atoms in total. The Morgan fingerprint density at radius 1 is 0.741 bits per heavy atom. The van der Waals surface area contributed by atoms with E-state index in [1.807, 2.05) is 0 Å². The fourth-order valence-corrected chi connectivity index (χ4v) is 0.303. The molecule has 0 aromatic carbocycles. The topological polar surface area (TPSA) is 162 Å². The summed E-state index contributed by atoms with van der Waals surface area (Å²) in [7, 11) is 1.60. The average molecular weight is 422 g/mol. The molecule has 0 unspecified atom stereocenters. The average Bonchev–Trinajstić information content (AvgIpc) is 2.53. The maximum Gasteiger partial charge on any atom is 4.00 e. The van der Waals surface area contributed by atoms with Crippen molar-refractivity contribution >= 4 is 17.9 Å². The van der Waals surface area contributed by atoms with E-state index in [1.54, 1.807) is 7.11 Å². The fraction of sp³-hybridized carbons (Fsp3) is 0.471. The quantitative estimate of drug-likeness (QED) is 0.225. The Morgan fingerprint density at radius 2 is 1.00 bits per heavy atom. The number of rotatable bonds is 8. The van der Waals surface area contributed by atoms with Crippen molar-refractivity contribution in [1.82, 2.24) is 0 Å². The molecule has 0 atom stereocenters. The normalized spacial score (nSPS) is 7.89. The molecule has 0 saturated heterocycles. The predicted octanol–water partition coefficient (Wildman–Crippen LogP) is -3.06. The first-order chi connectivity index (χ1) is 11.8. The molecule has 0 aromatic rings. The Balaban J connectivity index is -0.0000000794. The zero-order chi connectivity index (χ0) is 21.7. The van der Waals surface area contributed by atoms with Crippen LogP contribution >= 0.6 is 0 Å². The number of carbonyl (C=O) groups is 3. The summed E-state index contributed by atoms with van der Waals surface area (Å²) < 4.78 is 9.45. The van der Waals surface area contributed by atoms with Crippen molar-refractivity contribution < 1.29 is 66.0 Å². The van der Waals surface area contributed by atoms with E-state index in [1.165, 1.54) is 20.8 Å². The second-order valence-corrected chi connectivity index (χ2v) is 4.51. The van der Waals surface area contributed by atoms with Crippen LogP contribution in [0.1, 0.15) is 20.8 Å². The van der Waals surface area contributed by atoms with Gasteiger partial charge in [0.05, 0.1) is 31.1 Å². The van der Waals surface area contributed by atoms with E-state index in [-0.39, 0.29) is 45.0 Å². The molecule has 0 amide bonds. The second-order valence-electron chi connectivity index (χ2n) is 4.51. The van der Waals surface area contributed by atoms with Crippen molar-refractivity contribution in [3.63, 3.8) is 0 Å². The van der Waals surface area contributed by atoms with Crippen molar-refractivity contribution in [2.75, 3.05) is 33.5 Å². The monoisotopic (exact) mass is 422 g/mol. The number of ether oxygens (including phenoxy) is 2. The number of methoxy groups -OCH3 is 1. The molecule has 0 aliphatic heterocycles. The summed E-state index contributed by atoms with van der Waals surface area (Å²) in [6.45, 7) is 14.7. The molecule has 0 saturated carbocycles. The van der Waals surface area contributed by atoms with Gasteiger partial charge in [0.2, 0.25) is 0 Å². The minimum absolute atomic E-state index is 0. The van der Waals surface area contributed by atoms with Gasteiger partial charge in [-0.1, -0.05) is 19.7 Å². The summed E-state index contributed by atoms with van der Waals surface area (Å²) in [5, 5.41) is 38.2. The fourth-order valence-electron chi connectivity index (χ4n) is 0.303. The maximum atomic E-state index is 9.73. The van der Waals surface area contributed by atoms with Crippen molar-refractivity contribution in [2.24, 2.45) is 0 Å². The van der Waals surface area contributed by atoms with Gasteiger partial charge in [0.15, 0.2) is 0 Å². The number of carboxylic acid groups (broad SMARTS) is 3. The molecule has 0 aliphatic carbocycles. The second kappa shape index (κ2) is 26.5. The Bertz CT molecular complexity index is 360. The molecule has 0 bridgehead atoms. The third-order valence-corrected chi connectivity index (χ3v) is 1.70. The van der Waals surface area contributed by atoms with Crippen molar-refractivity contribution in [2.45, 2.75) is 20.8 Å². The van der Waals surface area contributed by atoms with Crippen LogP contribution in [-0.4, -0.2) is 51.4 Å². The minimum atomic E-state index is -1.19. The van der Waals surface area contributed by atoms with Gasteiger partial charge in [-0.25, -0.2) is 0 Å². The summed E-state index contributed by atoms with van der Waals surface area (Å²) in [6, 6.07) is 0. The molecule has 0 N–H and O–H groups in total. The van der Waals surface area contributed by atoms with E-state index in [0.717, 1.165) is 0 Å². The maximum absolute atomic E-state index is 9.73. The Morgan fingerprint density at radius 3 is 1.15 bits per heavy atom. The molecular formula is C17H26O9Ti. The zero-order valence-electron chi connectivity index (χ0n) is 16.1. The first-order valence-corrected chi connectivity index (χ1v) is 7.10. The molecule has 0 radical (unpaired) electrons. The molecule has 0 aromatic heterocycles. The summed E-state index contributed by atoms with van der Waals surface area (Å²) in [5.41, 5.74) is 0.194. The van der Waals surface area contributed by atoms with Gasteiger partial charge in [-0.05, 0) is 37.5 Å². The number of hydrogen-bond donors (Lipinski definition) is 0. The summed E-state index contributed by atoms with van der Waals surface area (Å²) in [4.78, 5) is 28.5. The van der Waals surface area contributed by atoms with Gasteiger partial charge in [0.1, 0.15) is 0 Å². The Hall–Kier alpha value is -1.78. The van der Waals surface area contributed by atoms with Crippen LogP contribution in [0.2, 0.25) is 0 Å². The zero-order valence-corrected chi connectivity index (χ0v) is 17.7. The first kappa shape index (κ1) is 36.2. The predicted molar refractivity (Wildman–Crippen MR) is 87.0 cm³/mol. The Labute approximate surface area is 174 Å². The van der Waals surface area contributed by atoms with Gasteiger partial charge in [0.25, 0.3) is 0 Å². The number of aliphatic carboxylic acids is 3. The Kier molecular flexibility index (Phi) is 35.5. The van der Waals surface area contributed by atoms with Crippen LogP contribution < -0.4 is 20.4 Å². The molecule has 152 valence electrons. The van der Waals surface area contributed by atoms with E-state index < -0.39 is 17.9 Å². The van der Waals surface area contributed by atoms with Crippen LogP contribution in [0, 0.1) is 0 Å². The van der Waals surface area contributed by atoms with E-state index >= 15 is 0 Å². The van der Waals surface area contributed by atoms with E-state index in [9.17, 15) is 34.8 Å². The largest absolute Gasteiger partial charge is 4.00 e. The van der Waals surface area contributed by atoms with Crippen molar-refractivity contribution in [3.8, 4) is 0 Å². The van der Waals surface area contributed by atoms with Gasteiger partial charge >= 0.3 is 21.7 Å². The summed E-state index contributed by atoms with van der Waals surface area (Å²) in [6.07, 6.45) is 0. The van der Waals surface area contributed by atoms with Crippen molar-refractivity contribution in [3.05, 3.63) is 36.5 Å². The molecule has 10 heteroatoms. The molecular weight excluding hydrogens is 396 g/mol. The van der Waals surface area contributed by atoms with Gasteiger partial charge < -0.3 is 44.3 Å². The molecule has 27 heavy (non-hydrogen) atoms. The van der Waals surface area contributed by atoms with Crippen LogP contribution in [0.4, 0.5) is 0 Å². The molecule has 0 fully saturated rings.